The van der Waals surface area contributed by atoms with Crippen LogP contribution in [0.2, 0.25) is 0 Å². The van der Waals surface area contributed by atoms with Gasteiger partial charge in [0.05, 0.1) is 6.10 Å². The van der Waals surface area contributed by atoms with Crippen molar-refractivity contribution < 1.29 is 9.04 Å². The highest BCUT2D eigenvalue weighted by molar-refractivity contribution is 6.49. The third-order valence-electron chi connectivity index (χ3n) is 1.89. The maximum absolute atomic E-state index is 12.7. The van der Waals surface area contributed by atoms with Gasteiger partial charge in [0.1, 0.15) is 5.82 Å². The molecule has 3 heteroatoms. The molecule has 0 spiro atoms. The van der Waals surface area contributed by atoms with E-state index in [1.54, 1.807) is 13.5 Å². The van der Waals surface area contributed by atoms with Crippen LogP contribution in [0.25, 0.3) is 0 Å². The Bertz CT molecular complexity index is 287. The molecule has 1 aromatic rings. The first-order valence-electron chi connectivity index (χ1n) is 3.55. The molecular formula is C8H7BFO. The van der Waals surface area contributed by atoms with Crippen LogP contribution in [0.3, 0.4) is 0 Å². The molecule has 1 radical (unpaired) electrons. The van der Waals surface area contributed by atoms with E-state index in [2.05, 4.69) is 0 Å². The van der Waals surface area contributed by atoms with E-state index in [1.165, 1.54) is 12.1 Å². The number of fused-ring (bicyclic) bond motifs is 1. The number of halogens is 1. The molecule has 1 nitrogen and oxygen atoms in total. The molecule has 1 aromatic carbocycles. The standard InChI is InChI=1S/C8H7BFO/c1-5-7-4-6(10)2-3-8(7)9-11-5/h2-5H,1H3/t5-/m1/s1. The molecule has 0 amide bonds. The van der Waals surface area contributed by atoms with Crippen molar-refractivity contribution in [3.05, 3.63) is 29.6 Å². The Morgan fingerprint density at radius 2 is 2.36 bits per heavy atom. The lowest BCUT2D eigenvalue weighted by Gasteiger charge is -2.03. The van der Waals surface area contributed by atoms with Gasteiger partial charge in [0.2, 0.25) is 0 Å². The molecule has 0 saturated heterocycles. The minimum atomic E-state index is -0.200. The minimum Gasteiger partial charge on any atom is -0.428 e. The van der Waals surface area contributed by atoms with Crippen molar-refractivity contribution in [2.45, 2.75) is 13.0 Å². The molecule has 11 heavy (non-hydrogen) atoms. The predicted octanol–water partition coefficient (Wildman–Crippen LogP) is 1.16. The van der Waals surface area contributed by atoms with Gasteiger partial charge < -0.3 is 4.65 Å². The maximum atomic E-state index is 12.7. The number of hydrogen-bond donors (Lipinski definition) is 0. The molecule has 1 heterocycles. The highest BCUT2D eigenvalue weighted by Crippen LogP contribution is 2.19. The van der Waals surface area contributed by atoms with Gasteiger partial charge in [0.25, 0.3) is 0 Å². The number of rotatable bonds is 0. The molecule has 0 unspecified atom stereocenters. The largest absolute Gasteiger partial charge is 0.428 e. The number of hydrogen-bond acceptors (Lipinski definition) is 1. The van der Waals surface area contributed by atoms with Gasteiger partial charge in [0.15, 0.2) is 0 Å². The zero-order valence-corrected chi connectivity index (χ0v) is 6.17. The summed E-state index contributed by atoms with van der Waals surface area (Å²) in [4.78, 5) is 0. The van der Waals surface area contributed by atoms with E-state index in [0.29, 0.717) is 0 Å². The SMILES string of the molecule is C[C@H]1O[B]c2ccc(F)cc21. The molecule has 0 aliphatic carbocycles. The van der Waals surface area contributed by atoms with Gasteiger partial charge in [-0.15, -0.1) is 0 Å². The summed E-state index contributed by atoms with van der Waals surface area (Å²) in [5.41, 5.74) is 1.92. The summed E-state index contributed by atoms with van der Waals surface area (Å²) in [7, 11) is 1.67. The lowest BCUT2D eigenvalue weighted by molar-refractivity contribution is 0.257. The molecule has 0 bridgehead atoms. The molecular weight excluding hydrogens is 142 g/mol. The summed E-state index contributed by atoms with van der Waals surface area (Å²) < 4.78 is 17.9. The normalized spacial score (nSPS) is 21.1. The molecule has 1 atom stereocenters. The van der Waals surface area contributed by atoms with Crippen molar-refractivity contribution in [1.29, 1.82) is 0 Å². The van der Waals surface area contributed by atoms with E-state index >= 15 is 0 Å². The van der Waals surface area contributed by atoms with Crippen molar-refractivity contribution in [3.8, 4) is 0 Å². The fourth-order valence-corrected chi connectivity index (χ4v) is 1.25. The van der Waals surface area contributed by atoms with E-state index in [0.717, 1.165) is 11.0 Å². The third kappa shape index (κ3) is 1.05. The monoisotopic (exact) mass is 149 g/mol. The molecule has 0 aromatic heterocycles. The fourth-order valence-electron chi connectivity index (χ4n) is 1.25. The first-order valence-corrected chi connectivity index (χ1v) is 3.55. The second-order valence-electron chi connectivity index (χ2n) is 2.67. The first kappa shape index (κ1) is 6.86. The van der Waals surface area contributed by atoms with Crippen LogP contribution in [0.5, 0.6) is 0 Å². The van der Waals surface area contributed by atoms with E-state index in [9.17, 15) is 4.39 Å². The van der Waals surface area contributed by atoms with Crippen LogP contribution in [0.1, 0.15) is 18.6 Å². The Labute approximate surface area is 65.5 Å². The molecule has 0 fully saturated rings. The second kappa shape index (κ2) is 2.34. The van der Waals surface area contributed by atoms with Crippen LogP contribution in [0.4, 0.5) is 4.39 Å². The lowest BCUT2D eigenvalue weighted by atomic mass is 9.87. The summed E-state index contributed by atoms with van der Waals surface area (Å²) in [6.45, 7) is 1.90. The highest BCUT2D eigenvalue weighted by atomic mass is 19.1. The van der Waals surface area contributed by atoms with Crippen LogP contribution < -0.4 is 5.46 Å². The molecule has 0 saturated carbocycles. The Kier molecular flexibility index (Phi) is 1.46. The topological polar surface area (TPSA) is 9.23 Å². The van der Waals surface area contributed by atoms with Gasteiger partial charge in [-0.2, -0.15) is 0 Å². The lowest BCUT2D eigenvalue weighted by Crippen LogP contribution is -2.10. The average molecular weight is 149 g/mol. The minimum absolute atomic E-state index is 0.000648. The zero-order chi connectivity index (χ0) is 7.84. The van der Waals surface area contributed by atoms with Crippen LogP contribution in [0.15, 0.2) is 18.2 Å². The number of benzene rings is 1. The smallest absolute Gasteiger partial charge is 0.331 e. The van der Waals surface area contributed by atoms with Crippen LogP contribution in [0, 0.1) is 5.82 Å². The molecule has 0 N–H and O–H groups in total. The summed E-state index contributed by atoms with van der Waals surface area (Å²) in [5.74, 6) is -0.200. The second-order valence-corrected chi connectivity index (χ2v) is 2.67. The Morgan fingerprint density at radius 3 is 3.18 bits per heavy atom. The van der Waals surface area contributed by atoms with Gasteiger partial charge in [-0.05, 0) is 30.1 Å². The van der Waals surface area contributed by atoms with E-state index < -0.39 is 0 Å². The fraction of sp³-hybridized carbons (Fsp3) is 0.250. The Hall–Kier alpha value is -0.825. The van der Waals surface area contributed by atoms with E-state index in [1.807, 2.05) is 6.92 Å². The quantitative estimate of drug-likeness (QED) is 0.503. The maximum Gasteiger partial charge on any atom is 0.331 e. The molecule has 1 aliphatic heterocycles. The van der Waals surface area contributed by atoms with Crippen molar-refractivity contribution >= 4 is 12.9 Å². The molecule has 1 aliphatic rings. The van der Waals surface area contributed by atoms with Crippen molar-refractivity contribution in [2.24, 2.45) is 0 Å². The predicted molar refractivity (Wildman–Crippen MR) is 41.3 cm³/mol. The highest BCUT2D eigenvalue weighted by Gasteiger charge is 2.20. The van der Waals surface area contributed by atoms with Crippen LogP contribution in [-0.2, 0) is 4.65 Å². The Balaban J connectivity index is 2.52. The van der Waals surface area contributed by atoms with Crippen molar-refractivity contribution in [3.63, 3.8) is 0 Å². The Morgan fingerprint density at radius 1 is 1.55 bits per heavy atom. The summed E-state index contributed by atoms with van der Waals surface area (Å²) in [5, 5.41) is 0. The summed E-state index contributed by atoms with van der Waals surface area (Å²) >= 11 is 0. The van der Waals surface area contributed by atoms with Crippen molar-refractivity contribution in [1.82, 2.24) is 0 Å². The first-order chi connectivity index (χ1) is 5.27. The van der Waals surface area contributed by atoms with Gasteiger partial charge in [-0.1, -0.05) is 6.07 Å². The third-order valence-corrected chi connectivity index (χ3v) is 1.89. The van der Waals surface area contributed by atoms with Gasteiger partial charge in [0, 0.05) is 0 Å². The van der Waals surface area contributed by atoms with Crippen molar-refractivity contribution in [2.75, 3.05) is 0 Å². The van der Waals surface area contributed by atoms with E-state index in [4.69, 9.17) is 4.65 Å². The summed E-state index contributed by atoms with van der Waals surface area (Å²) in [6, 6.07) is 4.69. The average Bonchev–Trinajstić information content (AvgIpc) is 2.33. The van der Waals surface area contributed by atoms with Crippen LogP contribution >= 0.6 is 0 Å². The molecule has 2 rings (SSSR count). The van der Waals surface area contributed by atoms with Crippen LogP contribution in [-0.4, -0.2) is 7.48 Å². The van der Waals surface area contributed by atoms with Gasteiger partial charge in [-0.25, -0.2) is 4.39 Å². The van der Waals surface area contributed by atoms with Gasteiger partial charge in [-0.3, -0.25) is 0 Å². The molecule has 55 valence electrons. The summed E-state index contributed by atoms with van der Waals surface area (Å²) in [6.07, 6.45) is 0.000648. The van der Waals surface area contributed by atoms with E-state index in [-0.39, 0.29) is 11.9 Å². The van der Waals surface area contributed by atoms with Gasteiger partial charge >= 0.3 is 7.48 Å². The zero-order valence-electron chi connectivity index (χ0n) is 6.17.